The van der Waals surface area contributed by atoms with E-state index in [0.717, 1.165) is 57.8 Å². The van der Waals surface area contributed by atoms with E-state index in [9.17, 15) is 19.0 Å². The molecule has 496 valence electrons. The average Bonchev–Trinajstić information content (AvgIpc) is 3.61. The first kappa shape index (κ1) is 82.2. The summed E-state index contributed by atoms with van der Waals surface area (Å²) in [4.78, 5) is 35.9. The van der Waals surface area contributed by atoms with Gasteiger partial charge in [0.1, 0.15) is 19.8 Å². The largest absolute Gasteiger partial charge is 0.472 e. The van der Waals surface area contributed by atoms with Gasteiger partial charge in [-0.05, 0) is 51.4 Å². The minimum atomic E-state index is -4.39. The lowest BCUT2D eigenvalue weighted by Crippen LogP contribution is -2.37. The molecule has 0 aliphatic rings. The number of likely N-dealkylation sites (N-methyl/N-ethyl adjacent to an activating group) is 1. The molecule has 0 fully saturated rings. The standard InChI is InChI=1S/C74H142NO8P/c1-6-8-10-12-14-16-18-20-22-24-26-28-30-31-32-33-34-35-36-37-38-39-40-41-42-43-45-46-48-50-52-54-56-58-60-62-64-66-73(76)80-70-72(71-82-84(78,79)81-69-68-75(3,4)5)83-74(77)67-65-63-61-59-57-55-53-51-49-47-44-29-27-25-23-21-19-17-15-13-11-9-7-2/h19,21,25,27,44,47,72H,6-18,20,22-24,26,28-43,45-46,48-71H2,1-5H3/p+1/b21-19-,27-25-,47-44-. The number of ether oxygens (including phenoxy) is 2. The predicted octanol–water partition coefficient (Wildman–Crippen LogP) is 23.8. The lowest BCUT2D eigenvalue weighted by molar-refractivity contribution is -0.870. The molecule has 2 unspecified atom stereocenters. The molecular weight excluding hydrogens is 1060 g/mol. The van der Waals surface area contributed by atoms with Crippen LogP contribution in [0.4, 0.5) is 0 Å². The molecule has 0 aliphatic carbocycles. The first-order valence-corrected chi connectivity index (χ1v) is 38.2. The first-order chi connectivity index (χ1) is 41.0. The minimum absolute atomic E-state index is 0.0316. The van der Waals surface area contributed by atoms with E-state index in [1.165, 1.54) is 283 Å². The molecule has 0 spiro atoms. The quantitative estimate of drug-likeness (QED) is 0.0211. The van der Waals surface area contributed by atoms with Gasteiger partial charge >= 0.3 is 19.8 Å². The molecule has 0 aromatic carbocycles. The predicted molar refractivity (Wildman–Crippen MR) is 363 cm³/mol. The van der Waals surface area contributed by atoms with Crippen LogP contribution in [0, 0.1) is 0 Å². The van der Waals surface area contributed by atoms with Gasteiger partial charge in [0, 0.05) is 12.8 Å². The third-order valence-electron chi connectivity index (χ3n) is 16.7. The highest BCUT2D eigenvalue weighted by Crippen LogP contribution is 2.43. The van der Waals surface area contributed by atoms with Gasteiger partial charge in [0.2, 0.25) is 0 Å². The van der Waals surface area contributed by atoms with Crippen molar-refractivity contribution in [3.63, 3.8) is 0 Å². The Labute approximate surface area is 522 Å². The summed E-state index contributed by atoms with van der Waals surface area (Å²) < 4.78 is 34.7. The number of carbonyl (C=O) groups excluding carboxylic acids is 2. The van der Waals surface area contributed by atoms with Crippen molar-refractivity contribution < 1.29 is 42.1 Å². The monoisotopic (exact) mass is 1210 g/mol. The molecule has 0 aliphatic heterocycles. The summed E-state index contributed by atoms with van der Waals surface area (Å²) in [7, 11) is 1.49. The Morgan fingerprint density at radius 1 is 0.369 bits per heavy atom. The summed E-state index contributed by atoms with van der Waals surface area (Å²) >= 11 is 0. The first-order valence-electron chi connectivity index (χ1n) is 36.7. The second-order valence-electron chi connectivity index (χ2n) is 26.3. The molecular formula is C74H143NO8P+. The van der Waals surface area contributed by atoms with E-state index in [4.69, 9.17) is 18.5 Å². The Kier molecular flexibility index (Phi) is 64.3. The van der Waals surface area contributed by atoms with Gasteiger partial charge in [-0.3, -0.25) is 18.6 Å². The molecule has 0 heterocycles. The third kappa shape index (κ3) is 69.3. The van der Waals surface area contributed by atoms with Gasteiger partial charge in [0.05, 0.1) is 27.7 Å². The molecule has 0 radical (unpaired) electrons. The van der Waals surface area contributed by atoms with E-state index in [2.05, 4.69) is 50.3 Å². The van der Waals surface area contributed by atoms with E-state index < -0.39 is 26.5 Å². The van der Waals surface area contributed by atoms with E-state index in [0.29, 0.717) is 23.9 Å². The highest BCUT2D eigenvalue weighted by atomic mass is 31.2. The zero-order valence-electron chi connectivity index (χ0n) is 56.7. The molecule has 0 saturated heterocycles. The number of carbonyl (C=O) groups is 2. The van der Waals surface area contributed by atoms with Crippen LogP contribution in [-0.2, 0) is 32.7 Å². The van der Waals surface area contributed by atoms with Crippen molar-refractivity contribution in [2.24, 2.45) is 0 Å². The summed E-state index contributed by atoms with van der Waals surface area (Å²) in [6.45, 7) is 4.48. The fourth-order valence-electron chi connectivity index (χ4n) is 11.0. The third-order valence-corrected chi connectivity index (χ3v) is 17.7. The molecule has 9 nitrogen and oxygen atoms in total. The Morgan fingerprint density at radius 2 is 0.643 bits per heavy atom. The summed E-state index contributed by atoms with van der Waals surface area (Å²) in [6.07, 6.45) is 84.2. The van der Waals surface area contributed by atoms with Crippen molar-refractivity contribution in [2.75, 3.05) is 47.5 Å². The summed E-state index contributed by atoms with van der Waals surface area (Å²) in [6, 6.07) is 0. The van der Waals surface area contributed by atoms with E-state index >= 15 is 0 Å². The number of quaternary nitrogens is 1. The Morgan fingerprint density at radius 3 is 0.952 bits per heavy atom. The van der Waals surface area contributed by atoms with Gasteiger partial charge in [-0.1, -0.05) is 346 Å². The number of rotatable bonds is 69. The summed E-state index contributed by atoms with van der Waals surface area (Å²) in [5.41, 5.74) is 0. The van der Waals surface area contributed by atoms with E-state index in [1.54, 1.807) is 0 Å². The van der Waals surface area contributed by atoms with Gasteiger partial charge in [-0.25, -0.2) is 4.57 Å². The zero-order valence-corrected chi connectivity index (χ0v) is 57.6. The van der Waals surface area contributed by atoms with Crippen molar-refractivity contribution in [2.45, 2.75) is 380 Å². The second-order valence-corrected chi connectivity index (χ2v) is 27.8. The molecule has 1 N–H and O–H groups in total. The lowest BCUT2D eigenvalue weighted by atomic mass is 10.0. The Hall–Kier alpha value is -1.77. The Bertz CT molecular complexity index is 1510. The van der Waals surface area contributed by atoms with Crippen LogP contribution < -0.4 is 0 Å². The fourth-order valence-corrected chi connectivity index (χ4v) is 11.8. The van der Waals surface area contributed by atoms with Crippen molar-refractivity contribution in [1.29, 1.82) is 0 Å². The maximum atomic E-state index is 12.9. The topological polar surface area (TPSA) is 108 Å². The smallest absolute Gasteiger partial charge is 0.462 e. The van der Waals surface area contributed by atoms with Crippen LogP contribution in [-0.4, -0.2) is 74.9 Å². The molecule has 84 heavy (non-hydrogen) atoms. The van der Waals surface area contributed by atoms with Crippen LogP contribution in [0.15, 0.2) is 36.5 Å². The van der Waals surface area contributed by atoms with Crippen LogP contribution in [0.3, 0.4) is 0 Å². The summed E-state index contributed by atoms with van der Waals surface area (Å²) in [5.74, 6) is -0.787. The number of esters is 2. The maximum Gasteiger partial charge on any atom is 0.472 e. The van der Waals surface area contributed by atoms with Crippen LogP contribution in [0.5, 0.6) is 0 Å². The molecule has 10 heteroatoms. The number of allylic oxidation sites excluding steroid dienone is 6. The number of phosphoric ester groups is 1. The van der Waals surface area contributed by atoms with Gasteiger partial charge in [0.25, 0.3) is 0 Å². The van der Waals surface area contributed by atoms with E-state index in [-0.39, 0.29) is 25.6 Å². The molecule has 2 atom stereocenters. The molecule has 0 amide bonds. The minimum Gasteiger partial charge on any atom is -0.462 e. The normalized spacial score (nSPS) is 13.3. The number of hydrogen-bond acceptors (Lipinski definition) is 7. The number of hydrogen-bond donors (Lipinski definition) is 1. The zero-order chi connectivity index (χ0) is 61.2. The number of unbranched alkanes of at least 4 members (excludes halogenated alkanes) is 49. The molecule has 0 aromatic heterocycles. The van der Waals surface area contributed by atoms with Crippen LogP contribution in [0.1, 0.15) is 373 Å². The molecule has 0 saturated carbocycles. The van der Waals surface area contributed by atoms with Gasteiger partial charge in [0.15, 0.2) is 6.10 Å². The number of phosphoric acid groups is 1. The molecule has 0 bridgehead atoms. The molecule has 0 aromatic rings. The van der Waals surface area contributed by atoms with Crippen LogP contribution in [0.2, 0.25) is 0 Å². The lowest BCUT2D eigenvalue weighted by Gasteiger charge is -2.24. The van der Waals surface area contributed by atoms with Crippen LogP contribution >= 0.6 is 7.82 Å². The highest BCUT2D eigenvalue weighted by molar-refractivity contribution is 7.47. The number of nitrogens with zero attached hydrogens (tertiary/aromatic N) is 1. The van der Waals surface area contributed by atoms with Crippen molar-refractivity contribution >= 4 is 19.8 Å². The van der Waals surface area contributed by atoms with Gasteiger partial charge in [-0.15, -0.1) is 0 Å². The molecule has 0 rings (SSSR count). The van der Waals surface area contributed by atoms with Crippen LogP contribution in [0.25, 0.3) is 0 Å². The van der Waals surface area contributed by atoms with Crippen molar-refractivity contribution in [3.05, 3.63) is 36.5 Å². The van der Waals surface area contributed by atoms with Crippen molar-refractivity contribution in [1.82, 2.24) is 0 Å². The van der Waals surface area contributed by atoms with E-state index in [1.807, 2.05) is 21.1 Å². The fraction of sp³-hybridized carbons (Fsp3) is 0.892. The SMILES string of the molecule is CCCCCCC/C=C\C/C=C\C/C=C\CCCCCCCCCCC(=O)OC(COC(=O)CCCCCCCCCCCCCCCCCCCCCCCCCCCCCCCCCCCCCCC)COP(=O)(O)OCC[N+](C)(C)C. The van der Waals surface area contributed by atoms with Gasteiger partial charge < -0.3 is 18.9 Å². The average molecular weight is 1210 g/mol. The highest BCUT2D eigenvalue weighted by Gasteiger charge is 2.27. The second kappa shape index (κ2) is 65.7. The van der Waals surface area contributed by atoms with Gasteiger partial charge in [-0.2, -0.15) is 0 Å². The van der Waals surface area contributed by atoms with Crippen molar-refractivity contribution in [3.8, 4) is 0 Å². The maximum absolute atomic E-state index is 12.9. The summed E-state index contributed by atoms with van der Waals surface area (Å²) in [5, 5.41) is 0. The Balaban J connectivity index is 3.93.